The molecule has 0 aliphatic rings. The molecule has 1 amide bonds. The van der Waals surface area contributed by atoms with Crippen LogP contribution in [-0.2, 0) is 6.42 Å². The quantitative estimate of drug-likeness (QED) is 0.226. The number of terminal acetylenes is 1. The van der Waals surface area contributed by atoms with E-state index in [0.29, 0.717) is 54.1 Å². The molecule has 10 heteroatoms. The van der Waals surface area contributed by atoms with Gasteiger partial charge in [-0.25, -0.2) is 18.4 Å². The van der Waals surface area contributed by atoms with E-state index in [9.17, 15) is 18.4 Å². The number of carbonyl (C=O) groups is 1. The number of hydrogen-bond acceptors (Lipinski definition) is 5. The van der Waals surface area contributed by atoms with Crippen LogP contribution in [-0.4, -0.2) is 28.7 Å². The highest BCUT2D eigenvalue weighted by molar-refractivity contribution is 6.31. The van der Waals surface area contributed by atoms with Crippen molar-refractivity contribution in [1.82, 2.24) is 15.0 Å². The van der Waals surface area contributed by atoms with E-state index < -0.39 is 17.5 Å². The Bertz CT molecular complexity index is 1480. The van der Waals surface area contributed by atoms with Crippen molar-refractivity contribution in [3.63, 3.8) is 0 Å². The van der Waals surface area contributed by atoms with Crippen LogP contribution in [0.4, 0.5) is 14.5 Å². The molecule has 0 aliphatic carbocycles. The summed E-state index contributed by atoms with van der Waals surface area (Å²) in [5.41, 5.74) is 9.49. The number of benzene rings is 3. The van der Waals surface area contributed by atoms with Gasteiger partial charge in [0, 0.05) is 36.0 Å². The van der Waals surface area contributed by atoms with Crippen LogP contribution in [0, 0.1) is 24.0 Å². The maximum Gasteiger partial charge on any atom is 0.280 e. The fraction of sp³-hybridized carbons (Fsp3) is 0.179. The maximum atomic E-state index is 12.8. The molecule has 38 heavy (non-hydrogen) atoms. The number of halogens is 3. The molecule has 4 N–H and O–H groups in total. The van der Waals surface area contributed by atoms with E-state index in [1.54, 1.807) is 18.2 Å². The number of nitrogens with zero attached hydrogens (tertiary/aromatic N) is 2. The van der Waals surface area contributed by atoms with Crippen LogP contribution in [0.3, 0.4) is 0 Å². The van der Waals surface area contributed by atoms with Crippen LogP contribution >= 0.6 is 11.6 Å². The predicted octanol–water partition coefficient (Wildman–Crippen LogP) is 4.53. The third kappa shape index (κ3) is 7.87. The molecule has 0 saturated heterocycles. The average Bonchev–Trinajstić information content (AvgIpc) is 2.89. The minimum atomic E-state index is -0.765. The highest BCUT2D eigenvalue weighted by atomic mass is 35.5. The molecular weight excluding hydrogens is 512 g/mol. The van der Waals surface area contributed by atoms with Gasteiger partial charge in [0.1, 0.15) is 17.5 Å². The molecule has 0 bridgehead atoms. The molecular formula is C28H26ClF2N5O2. The average molecular weight is 538 g/mol. The first-order valence-corrected chi connectivity index (χ1v) is 12.1. The lowest BCUT2D eigenvalue weighted by atomic mass is 10.2. The monoisotopic (exact) mass is 537 g/mol. The number of rotatable bonds is 8. The summed E-state index contributed by atoms with van der Waals surface area (Å²) in [6, 6.07) is 17.2. The number of nitrogens with one attached hydrogen (secondary N) is 2. The lowest BCUT2D eigenvalue weighted by molar-refractivity contribution is 0.0952. The van der Waals surface area contributed by atoms with Crippen molar-refractivity contribution in [3.8, 4) is 12.3 Å². The Morgan fingerprint density at radius 3 is 2.45 bits per heavy atom. The van der Waals surface area contributed by atoms with Crippen molar-refractivity contribution in [3.05, 3.63) is 105 Å². The molecule has 0 atom stereocenters. The Labute approximate surface area is 223 Å². The molecule has 0 saturated carbocycles. The van der Waals surface area contributed by atoms with Crippen LogP contribution in [0.2, 0.25) is 5.02 Å². The van der Waals surface area contributed by atoms with Crippen LogP contribution in [0.1, 0.15) is 29.0 Å². The number of hydrogen-bond donors (Lipinski definition) is 3. The smallest absolute Gasteiger partial charge is 0.280 e. The second-order valence-corrected chi connectivity index (χ2v) is 8.50. The van der Waals surface area contributed by atoms with Crippen molar-refractivity contribution < 1.29 is 13.6 Å². The number of nitrogens with two attached hydrogens (primary N) is 1. The molecule has 4 aromatic rings. The lowest BCUT2D eigenvalue weighted by Gasteiger charge is -2.15. The first kappa shape index (κ1) is 28.3. The SMILES string of the molecule is C#CCCc1nc2cc(Cl)ccc2c(=O)n1Nc1ccccc1.NCCCNC(=O)c1cc(F)cc(F)c1. The summed E-state index contributed by atoms with van der Waals surface area (Å²) in [5.74, 6) is 1.12. The summed E-state index contributed by atoms with van der Waals surface area (Å²) in [5, 5.41) is 3.55. The Morgan fingerprint density at radius 2 is 1.79 bits per heavy atom. The summed E-state index contributed by atoms with van der Waals surface area (Å²) in [4.78, 5) is 28.7. The third-order valence-corrected chi connectivity index (χ3v) is 5.43. The van der Waals surface area contributed by atoms with Crippen LogP contribution in [0.5, 0.6) is 0 Å². The molecule has 0 fully saturated rings. The van der Waals surface area contributed by atoms with E-state index in [4.69, 9.17) is 23.8 Å². The number of aromatic nitrogens is 2. The van der Waals surface area contributed by atoms with Gasteiger partial charge in [0.2, 0.25) is 0 Å². The number of anilines is 1. The molecule has 4 rings (SSSR count). The molecule has 3 aromatic carbocycles. The van der Waals surface area contributed by atoms with Gasteiger partial charge in [0.15, 0.2) is 0 Å². The topological polar surface area (TPSA) is 102 Å². The zero-order valence-electron chi connectivity index (χ0n) is 20.4. The summed E-state index contributed by atoms with van der Waals surface area (Å²) in [7, 11) is 0. The molecule has 1 aromatic heterocycles. The molecule has 0 aliphatic heterocycles. The van der Waals surface area contributed by atoms with Crippen LogP contribution in [0.25, 0.3) is 10.9 Å². The zero-order valence-corrected chi connectivity index (χ0v) is 21.1. The number of aryl methyl sites for hydroxylation is 1. The first-order chi connectivity index (χ1) is 18.3. The van der Waals surface area contributed by atoms with Crippen molar-refractivity contribution in [2.24, 2.45) is 5.73 Å². The maximum absolute atomic E-state index is 12.8. The van der Waals surface area contributed by atoms with E-state index in [-0.39, 0.29) is 11.1 Å². The molecule has 196 valence electrons. The third-order valence-electron chi connectivity index (χ3n) is 5.20. The van der Waals surface area contributed by atoms with Crippen LogP contribution < -0.4 is 22.0 Å². The standard InChI is InChI=1S/C18H14ClN3O.C10H12F2N2O/c1-2-3-9-17-20-16-12-13(19)10-11-15(16)18(23)22(17)21-14-7-5-4-6-8-14;11-8-4-7(5-9(12)6-8)10(15)14-3-1-2-13/h1,4-8,10-12,21H,3,9H2;4-6H,1-3,13H2,(H,14,15). The van der Waals surface area contributed by atoms with Gasteiger partial charge in [-0.3, -0.25) is 15.0 Å². The normalized spacial score (nSPS) is 10.3. The van der Waals surface area contributed by atoms with E-state index in [1.165, 1.54) is 4.68 Å². The van der Waals surface area contributed by atoms with E-state index in [1.807, 2.05) is 30.3 Å². The fourth-order valence-electron chi connectivity index (χ4n) is 3.40. The fourth-order valence-corrected chi connectivity index (χ4v) is 3.57. The van der Waals surface area contributed by atoms with Gasteiger partial charge >= 0.3 is 0 Å². The largest absolute Gasteiger partial charge is 0.352 e. The minimum Gasteiger partial charge on any atom is -0.352 e. The molecule has 0 spiro atoms. The van der Waals surface area contributed by atoms with Gasteiger partial charge in [-0.15, -0.1) is 12.3 Å². The summed E-state index contributed by atoms with van der Waals surface area (Å²) < 4.78 is 26.9. The summed E-state index contributed by atoms with van der Waals surface area (Å²) in [6.45, 7) is 0.852. The number of para-hydroxylation sites is 1. The van der Waals surface area contributed by atoms with Crippen molar-refractivity contribution in [1.29, 1.82) is 0 Å². The van der Waals surface area contributed by atoms with Crippen molar-refractivity contribution >= 4 is 34.1 Å². The Kier molecular flexibility index (Phi) is 10.3. The van der Waals surface area contributed by atoms with Gasteiger partial charge in [-0.2, -0.15) is 0 Å². The highest BCUT2D eigenvalue weighted by Gasteiger charge is 2.12. The van der Waals surface area contributed by atoms with E-state index in [2.05, 4.69) is 21.6 Å². The highest BCUT2D eigenvalue weighted by Crippen LogP contribution is 2.16. The van der Waals surface area contributed by atoms with E-state index in [0.717, 1.165) is 23.9 Å². The van der Waals surface area contributed by atoms with Gasteiger partial charge in [0.25, 0.3) is 11.5 Å². The number of carbonyl (C=O) groups excluding carboxylic acids is 1. The lowest BCUT2D eigenvalue weighted by Crippen LogP contribution is -2.30. The molecule has 0 unspecified atom stereocenters. The Hall–Kier alpha value is -4.26. The van der Waals surface area contributed by atoms with Gasteiger partial charge < -0.3 is 11.1 Å². The number of amides is 1. The molecule has 0 radical (unpaired) electrons. The molecule has 1 heterocycles. The van der Waals surface area contributed by atoms with Gasteiger partial charge in [0.05, 0.1) is 16.6 Å². The minimum absolute atomic E-state index is 0.0236. The van der Waals surface area contributed by atoms with Crippen molar-refractivity contribution in [2.45, 2.75) is 19.3 Å². The second kappa shape index (κ2) is 13.9. The summed E-state index contributed by atoms with van der Waals surface area (Å²) >= 11 is 6.00. The van der Waals surface area contributed by atoms with E-state index >= 15 is 0 Å². The Balaban J connectivity index is 0.000000232. The summed E-state index contributed by atoms with van der Waals surface area (Å²) in [6.07, 6.45) is 6.96. The number of fused-ring (bicyclic) bond motifs is 1. The molecule has 7 nitrogen and oxygen atoms in total. The van der Waals surface area contributed by atoms with Gasteiger partial charge in [-0.05, 0) is 55.4 Å². The van der Waals surface area contributed by atoms with Crippen LogP contribution in [0.15, 0.2) is 71.5 Å². The predicted molar refractivity (Wildman–Crippen MR) is 146 cm³/mol. The zero-order chi connectivity index (χ0) is 27.5. The first-order valence-electron chi connectivity index (χ1n) is 11.7. The van der Waals surface area contributed by atoms with Gasteiger partial charge in [-0.1, -0.05) is 29.8 Å². The Morgan fingerprint density at radius 1 is 1.08 bits per heavy atom. The second-order valence-electron chi connectivity index (χ2n) is 8.07. The van der Waals surface area contributed by atoms with Crippen molar-refractivity contribution in [2.75, 3.05) is 18.5 Å².